The zero-order valence-electron chi connectivity index (χ0n) is 16.0. The maximum atomic E-state index is 10.4. The summed E-state index contributed by atoms with van der Waals surface area (Å²) in [5, 5.41) is 9.91. The fraction of sp³-hybridized carbons (Fsp3) is 1.00. The molecule has 140 valence electrons. The Kier molecular flexibility index (Phi) is 21.1. The Morgan fingerprint density at radius 2 is 1.12 bits per heavy atom. The van der Waals surface area contributed by atoms with E-state index in [9.17, 15) is 18.1 Å². The van der Waals surface area contributed by atoms with E-state index >= 15 is 0 Å². The van der Waals surface area contributed by atoms with E-state index in [2.05, 4.69) is 6.92 Å². The number of aliphatic hydroxyl groups is 1. The maximum absolute atomic E-state index is 10.4. The standard InChI is InChI=1S/C18H38O4S.Na/c1-2-3-4-5-9-12-15-18(19)16-13-10-7-6-8-11-14-17-23(20,21)22;/h18-19H,2-17H2,1H3,(H,20,21,22);/q;+1/p-1. The van der Waals surface area contributed by atoms with Gasteiger partial charge in [-0.25, -0.2) is 8.42 Å². The van der Waals surface area contributed by atoms with Crippen molar-refractivity contribution >= 4 is 10.1 Å². The first-order valence-electron chi connectivity index (χ1n) is 9.57. The molecule has 0 spiro atoms. The van der Waals surface area contributed by atoms with E-state index in [1.54, 1.807) is 0 Å². The van der Waals surface area contributed by atoms with Crippen LogP contribution in [0.5, 0.6) is 0 Å². The van der Waals surface area contributed by atoms with Crippen molar-refractivity contribution in [1.82, 2.24) is 0 Å². The second-order valence-corrected chi connectivity index (χ2v) is 8.26. The molecule has 6 heteroatoms. The molecule has 0 aliphatic heterocycles. The molecule has 0 rings (SSSR count). The van der Waals surface area contributed by atoms with Crippen molar-refractivity contribution in [2.75, 3.05) is 5.75 Å². The molecule has 0 aromatic rings. The van der Waals surface area contributed by atoms with Gasteiger partial charge in [-0.05, 0) is 19.3 Å². The molecule has 1 N–H and O–H groups in total. The van der Waals surface area contributed by atoms with Crippen LogP contribution in [-0.4, -0.2) is 29.9 Å². The first-order valence-corrected chi connectivity index (χ1v) is 11.1. The van der Waals surface area contributed by atoms with Crippen molar-refractivity contribution in [2.24, 2.45) is 0 Å². The van der Waals surface area contributed by atoms with E-state index in [4.69, 9.17) is 0 Å². The second kappa shape index (κ2) is 18.7. The summed E-state index contributed by atoms with van der Waals surface area (Å²) in [6.45, 7) is 2.22. The van der Waals surface area contributed by atoms with Gasteiger partial charge in [0.25, 0.3) is 0 Å². The van der Waals surface area contributed by atoms with Crippen molar-refractivity contribution in [3.8, 4) is 0 Å². The van der Waals surface area contributed by atoms with Crippen LogP contribution in [0, 0.1) is 0 Å². The quantitative estimate of drug-likeness (QED) is 0.240. The van der Waals surface area contributed by atoms with Gasteiger partial charge in [0.1, 0.15) is 0 Å². The summed E-state index contributed by atoms with van der Waals surface area (Å²) in [4.78, 5) is 0. The van der Waals surface area contributed by atoms with Crippen molar-refractivity contribution in [3.05, 3.63) is 0 Å². The van der Waals surface area contributed by atoms with Gasteiger partial charge in [0.2, 0.25) is 0 Å². The number of hydrogen-bond donors (Lipinski definition) is 1. The summed E-state index contributed by atoms with van der Waals surface area (Å²) in [5.41, 5.74) is 0. The van der Waals surface area contributed by atoms with Crippen LogP contribution >= 0.6 is 0 Å². The van der Waals surface area contributed by atoms with Crippen LogP contribution in [0.25, 0.3) is 0 Å². The zero-order chi connectivity index (χ0) is 17.4. The molecular weight excluding hydrogens is 335 g/mol. The number of aliphatic hydroxyl groups excluding tert-OH is 1. The fourth-order valence-electron chi connectivity index (χ4n) is 2.85. The van der Waals surface area contributed by atoms with Crippen LogP contribution in [0.3, 0.4) is 0 Å². The predicted molar refractivity (Wildman–Crippen MR) is 95.5 cm³/mol. The largest absolute Gasteiger partial charge is 1.00 e. The van der Waals surface area contributed by atoms with Crippen LogP contribution in [-0.2, 0) is 10.1 Å². The van der Waals surface area contributed by atoms with Crippen molar-refractivity contribution < 1.29 is 47.6 Å². The third-order valence-electron chi connectivity index (χ3n) is 4.32. The van der Waals surface area contributed by atoms with Crippen LogP contribution in [0.4, 0.5) is 0 Å². The third kappa shape index (κ3) is 22.9. The molecule has 0 heterocycles. The van der Waals surface area contributed by atoms with E-state index in [1.807, 2.05) is 0 Å². The Labute approximate surface area is 172 Å². The average Bonchev–Trinajstić information content (AvgIpc) is 2.48. The average molecular weight is 373 g/mol. The molecule has 0 bridgehead atoms. The molecule has 0 aliphatic rings. The Hall–Kier alpha value is 0.870. The zero-order valence-corrected chi connectivity index (χ0v) is 18.8. The molecule has 0 fully saturated rings. The Bertz CT molecular complexity index is 347. The normalized spacial score (nSPS) is 12.8. The topological polar surface area (TPSA) is 77.4 Å². The molecule has 0 aromatic carbocycles. The summed E-state index contributed by atoms with van der Waals surface area (Å²) < 4.78 is 31.3. The van der Waals surface area contributed by atoms with Crippen molar-refractivity contribution in [1.29, 1.82) is 0 Å². The molecule has 0 saturated heterocycles. The molecular formula is C18H37NaO4S. The monoisotopic (exact) mass is 372 g/mol. The number of rotatable bonds is 17. The van der Waals surface area contributed by atoms with E-state index in [-0.39, 0.29) is 41.4 Å². The van der Waals surface area contributed by atoms with Gasteiger partial charge < -0.3 is 9.66 Å². The Morgan fingerprint density at radius 3 is 1.54 bits per heavy atom. The van der Waals surface area contributed by atoms with Gasteiger partial charge in [-0.15, -0.1) is 0 Å². The summed E-state index contributed by atoms with van der Waals surface area (Å²) >= 11 is 0. The van der Waals surface area contributed by atoms with Crippen molar-refractivity contribution in [3.63, 3.8) is 0 Å². The molecule has 0 saturated carbocycles. The van der Waals surface area contributed by atoms with Gasteiger partial charge >= 0.3 is 29.6 Å². The minimum absolute atomic E-state index is 0. The van der Waals surface area contributed by atoms with Gasteiger partial charge in [-0.1, -0.05) is 84.0 Å². The van der Waals surface area contributed by atoms with E-state index in [0.29, 0.717) is 6.42 Å². The second-order valence-electron chi connectivity index (χ2n) is 6.74. The van der Waals surface area contributed by atoms with Gasteiger partial charge in [0, 0.05) is 5.75 Å². The van der Waals surface area contributed by atoms with Crippen molar-refractivity contribution in [2.45, 2.75) is 109 Å². The van der Waals surface area contributed by atoms with E-state index in [1.165, 1.54) is 32.1 Å². The van der Waals surface area contributed by atoms with E-state index < -0.39 is 10.1 Å². The molecule has 0 aromatic heterocycles. The number of hydrogen-bond acceptors (Lipinski definition) is 4. The van der Waals surface area contributed by atoms with Crippen LogP contribution in [0.15, 0.2) is 0 Å². The number of unbranched alkanes of at least 4 members (excludes halogenated alkanes) is 11. The fourth-order valence-corrected chi connectivity index (χ4v) is 3.40. The van der Waals surface area contributed by atoms with Gasteiger partial charge in [0.05, 0.1) is 16.2 Å². The summed E-state index contributed by atoms with van der Waals surface area (Å²) in [6.07, 6.45) is 16.1. The molecule has 0 aliphatic carbocycles. The minimum Gasteiger partial charge on any atom is -0.748 e. The molecule has 1 atom stereocenters. The van der Waals surface area contributed by atoms with Crippen LogP contribution in [0.1, 0.15) is 103 Å². The summed E-state index contributed by atoms with van der Waals surface area (Å²) in [5.74, 6) is -0.225. The molecule has 0 radical (unpaired) electrons. The van der Waals surface area contributed by atoms with Crippen LogP contribution < -0.4 is 29.6 Å². The first-order chi connectivity index (χ1) is 11.0. The maximum Gasteiger partial charge on any atom is 1.00 e. The summed E-state index contributed by atoms with van der Waals surface area (Å²) in [6, 6.07) is 0. The Morgan fingerprint density at radius 1 is 0.750 bits per heavy atom. The van der Waals surface area contributed by atoms with Gasteiger partial charge in [-0.2, -0.15) is 0 Å². The molecule has 0 amide bonds. The molecule has 4 nitrogen and oxygen atoms in total. The smallest absolute Gasteiger partial charge is 0.748 e. The van der Waals surface area contributed by atoms with Gasteiger partial charge in [-0.3, -0.25) is 0 Å². The van der Waals surface area contributed by atoms with E-state index in [0.717, 1.165) is 57.8 Å². The SMILES string of the molecule is CCCCCCCCC(O)CCCCCCCCCS(=O)(=O)[O-].[Na+]. The van der Waals surface area contributed by atoms with Crippen LogP contribution in [0.2, 0.25) is 0 Å². The first kappa shape index (κ1) is 27.1. The Balaban J connectivity index is 0. The third-order valence-corrected chi connectivity index (χ3v) is 5.11. The minimum atomic E-state index is -4.03. The predicted octanol–water partition coefficient (Wildman–Crippen LogP) is 1.77. The summed E-state index contributed by atoms with van der Waals surface area (Å²) in [7, 11) is -4.03. The van der Waals surface area contributed by atoms with Gasteiger partial charge in [0.15, 0.2) is 0 Å². The molecule has 1 unspecified atom stereocenters. The molecule has 24 heavy (non-hydrogen) atoms.